The van der Waals surface area contributed by atoms with Crippen LogP contribution in [-0.4, -0.2) is 24.1 Å². The molecule has 2 N–H and O–H groups in total. The maximum absolute atomic E-state index is 4.11. The zero-order chi connectivity index (χ0) is 13.1. The van der Waals surface area contributed by atoms with Crippen molar-refractivity contribution in [3.05, 3.63) is 60.2 Å². The van der Waals surface area contributed by atoms with E-state index in [0.717, 1.165) is 18.8 Å². The van der Waals surface area contributed by atoms with E-state index < -0.39 is 0 Å². The molecule has 0 aromatic carbocycles. The molecule has 0 atom stereocenters. The van der Waals surface area contributed by atoms with Gasteiger partial charge in [-0.1, -0.05) is 12.1 Å². The van der Waals surface area contributed by atoms with Crippen LogP contribution in [0, 0.1) is 0 Å². The van der Waals surface area contributed by atoms with Gasteiger partial charge in [0.2, 0.25) is 0 Å². The topological polar surface area (TPSA) is 49.8 Å². The van der Waals surface area contributed by atoms with Crippen LogP contribution < -0.4 is 10.6 Å². The smallest absolute Gasteiger partial charge is 0.0541 e. The molecule has 0 bridgehead atoms. The average Bonchev–Trinajstić information content (AvgIpc) is 2.43. The minimum atomic E-state index is 0.848. The van der Waals surface area contributed by atoms with E-state index >= 15 is 0 Å². The van der Waals surface area contributed by atoms with E-state index in [4.69, 9.17) is 0 Å². The van der Waals surface area contributed by atoms with Gasteiger partial charge in [0.25, 0.3) is 0 Å². The van der Waals surface area contributed by atoms with E-state index in [-0.39, 0.29) is 0 Å². The van der Waals surface area contributed by atoms with Crippen LogP contribution in [0.1, 0.15) is 11.3 Å². The van der Waals surface area contributed by atoms with Crippen LogP contribution in [0.2, 0.25) is 0 Å². The van der Waals surface area contributed by atoms with Crippen molar-refractivity contribution in [2.24, 2.45) is 0 Å². The van der Waals surface area contributed by atoms with Crippen LogP contribution >= 0.6 is 0 Å². The number of rotatable bonds is 4. The van der Waals surface area contributed by atoms with Crippen molar-refractivity contribution >= 4 is 0 Å². The zero-order valence-corrected chi connectivity index (χ0v) is 10.9. The van der Waals surface area contributed by atoms with E-state index in [1.54, 1.807) is 12.4 Å². The summed E-state index contributed by atoms with van der Waals surface area (Å²) < 4.78 is 0. The summed E-state index contributed by atoms with van der Waals surface area (Å²) in [7, 11) is 3.84. The fraction of sp³-hybridized carbons (Fsp3) is 0.286. The van der Waals surface area contributed by atoms with Gasteiger partial charge < -0.3 is 10.6 Å². The first-order chi connectivity index (χ1) is 8.86. The molecule has 0 unspecified atom stereocenters. The maximum Gasteiger partial charge on any atom is 0.0541 e. The van der Waals surface area contributed by atoms with Gasteiger partial charge in [-0.3, -0.25) is 9.97 Å². The van der Waals surface area contributed by atoms with Crippen LogP contribution in [0.25, 0.3) is 0 Å². The fourth-order valence-corrected chi connectivity index (χ4v) is 1.39. The molecule has 0 aliphatic rings. The lowest BCUT2D eigenvalue weighted by molar-refractivity contribution is 0.791. The molecule has 2 aromatic heterocycles. The van der Waals surface area contributed by atoms with Crippen molar-refractivity contribution in [2.75, 3.05) is 14.1 Å². The maximum atomic E-state index is 4.11. The van der Waals surface area contributed by atoms with Gasteiger partial charge in [0.15, 0.2) is 0 Å². The summed E-state index contributed by atoms with van der Waals surface area (Å²) in [6, 6.07) is 9.88. The van der Waals surface area contributed by atoms with Gasteiger partial charge in [0, 0.05) is 31.7 Å². The number of aromatic nitrogens is 2. The van der Waals surface area contributed by atoms with Crippen molar-refractivity contribution in [3.63, 3.8) is 0 Å². The second-order valence-corrected chi connectivity index (χ2v) is 3.74. The first-order valence-electron chi connectivity index (χ1n) is 5.95. The van der Waals surface area contributed by atoms with Gasteiger partial charge in [0.1, 0.15) is 0 Å². The Morgan fingerprint density at radius 1 is 0.944 bits per heavy atom. The first-order valence-corrected chi connectivity index (χ1v) is 5.95. The highest BCUT2D eigenvalue weighted by molar-refractivity contribution is 5.07. The molecule has 2 rings (SSSR count). The molecule has 0 aliphatic heterocycles. The summed E-state index contributed by atoms with van der Waals surface area (Å²) in [5.74, 6) is 0. The molecular weight excluding hydrogens is 224 g/mol. The fourth-order valence-electron chi connectivity index (χ4n) is 1.39. The second-order valence-electron chi connectivity index (χ2n) is 3.74. The highest BCUT2D eigenvalue weighted by Gasteiger charge is 1.85. The molecule has 18 heavy (non-hydrogen) atoms. The lowest BCUT2D eigenvalue weighted by Gasteiger charge is -1.95. The molecule has 0 aliphatic carbocycles. The molecule has 0 saturated heterocycles. The van der Waals surface area contributed by atoms with E-state index in [9.17, 15) is 0 Å². The van der Waals surface area contributed by atoms with Crippen LogP contribution in [0.5, 0.6) is 0 Å². The predicted octanol–water partition coefficient (Wildman–Crippen LogP) is 1.60. The minimum Gasteiger partial charge on any atom is -0.316 e. The summed E-state index contributed by atoms with van der Waals surface area (Å²) in [4.78, 5) is 8.07. The Balaban J connectivity index is 0.000000180. The highest BCUT2D eigenvalue weighted by atomic mass is 14.8. The molecule has 4 heteroatoms. The van der Waals surface area contributed by atoms with Crippen molar-refractivity contribution < 1.29 is 0 Å². The Bertz CT molecular complexity index is 361. The molecule has 0 spiro atoms. The standard InChI is InChI=1S/2C7H10N2/c1-8-5-7-3-2-4-9-6-7;1-8-6-7-4-2-3-5-9-7/h2-4,6,8H,5H2,1H3;2-5,8H,6H2,1H3. The summed E-state index contributed by atoms with van der Waals surface area (Å²) >= 11 is 0. The number of nitrogens with zero attached hydrogens (tertiary/aromatic N) is 2. The predicted molar refractivity (Wildman–Crippen MR) is 74.0 cm³/mol. The lowest BCUT2D eigenvalue weighted by Crippen LogP contribution is -2.05. The van der Waals surface area contributed by atoms with Gasteiger partial charge in [-0.25, -0.2) is 0 Å². The number of nitrogens with one attached hydrogen (secondary N) is 2. The van der Waals surface area contributed by atoms with Crippen LogP contribution in [0.4, 0.5) is 0 Å². The van der Waals surface area contributed by atoms with Crippen molar-refractivity contribution in [1.29, 1.82) is 0 Å². The summed E-state index contributed by atoms with van der Waals surface area (Å²) in [5, 5.41) is 6.07. The van der Waals surface area contributed by atoms with Gasteiger partial charge in [0.05, 0.1) is 5.69 Å². The molecule has 0 fully saturated rings. The number of hydrogen-bond acceptors (Lipinski definition) is 4. The normalized spacial score (nSPS) is 9.44. The van der Waals surface area contributed by atoms with Crippen LogP contribution in [-0.2, 0) is 13.1 Å². The van der Waals surface area contributed by atoms with E-state index in [1.807, 2.05) is 50.6 Å². The molecular formula is C14H20N4. The largest absolute Gasteiger partial charge is 0.316 e. The molecule has 0 amide bonds. The summed E-state index contributed by atoms with van der Waals surface area (Å²) in [6.45, 7) is 1.74. The van der Waals surface area contributed by atoms with Gasteiger partial charge in [-0.2, -0.15) is 0 Å². The Kier molecular flexibility index (Phi) is 7.36. The third-order valence-corrected chi connectivity index (χ3v) is 2.19. The lowest BCUT2D eigenvalue weighted by atomic mass is 10.3. The molecule has 0 saturated carbocycles. The Morgan fingerprint density at radius 3 is 2.33 bits per heavy atom. The highest BCUT2D eigenvalue weighted by Crippen LogP contribution is 1.92. The molecule has 2 aromatic rings. The number of pyridine rings is 2. The molecule has 0 radical (unpaired) electrons. The van der Waals surface area contributed by atoms with Gasteiger partial charge in [-0.15, -0.1) is 0 Å². The van der Waals surface area contributed by atoms with Gasteiger partial charge in [-0.05, 0) is 37.9 Å². The first kappa shape index (κ1) is 14.3. The van der Waals surface area contributed by atoms with Crippen molar-refractivity contribution in [1.82, 2.24) is 20.6 Å². The van der Waals surface area contributed by atoms with E-state index in [0.29, 0.717) is 0 Å². The average molecular weight is 244 g/mol. The van der Waals surface area contributed by atoms with Crippen molar-refractivity contribution in [3.8, 4) is 0 Å². The molecule has 4 nitrogen and oxygen atoms in total. The monoisotopic (exact) mass is 244 g/mol. The quantitative estimate of drug-likeness (QED) is 0.858. The summed E-state index contributed by atoms with van der Waals surface area (Å²) in [6.07, 6.45) is 5.43. The van der Waals surface area contributed by atoms with E-state index in [2.05, 4.69) is 20.6 Å². The number of hydrogen-bond donors (Lipinski definition) is 2. The molecule has 2 heterocycles. The minimum absolute atomic E-state index is 0.848. The Hall–Kier alpha value is -1.78. The SMILES string of the molecule is CNCc1ccccn1.CNCc1cccnc1. The summed E-state index contributed by atoms with van der Waals surface area (Å²) in [5.41, 5.74) is 2.31. The Morgan fingerprint density at radius 2 is 1.78 bits per heavy atom. The Labute approximate surface area is 108 Å². The van der Waals surface area contributed by atoms with E-state index in [1.165, 1.54) is 5.56 Å². The third-order valence-electron chi connectivity index (χ3n) is 2.19. The molecule has 96 valence electrons. The van der Waals surface area contributed by atoms with Crippen molar-refractivity contribution in [2.45, 2.75) is 13.1 Å². The van der Waals surface area contributed by atoms with Crippen LogP contribution in [0.15, 0.2) is 48.9 Å². The van der Waals surface area contributed by atoms with Gasteiger partial charge >= 0.3 is 0 Å². The van der Waals surface area contributed by atoms with Crippen LogP contribution in [0.3, 0.4) is 0 Å². The third kappa shape index (κ3) is 6.08. The second kappa shape index (κ2) is 9.27. The zero-order valence-electron chi connectivity index (χ0n) is 10.9.